The largest absolute Gasteiger partial charge is 0.487 e. The molecule has 1 aromatic rings. The maximum Gasteiger partial charge on any atom is 0.125 e. The maximum atomic E-state index is 10.2. The summed E-state index contributed by atoms with van der Waals surface area (Å²) in [5.74, 6) is 2.15. The number of benzene rings is 1. The van der Waals surface area contributed by atoms with Gasteiger partial charge in [-0.1, -0.05) is 45.4 Å². The minimum atomic E-state index is -0.317. The molecule has 0 saturated heterocycles. The van der Waals surface area contributed by atoms with Gasteiger partial charge in [0.05, 0.1) is 6.10 Å². The molecule has 0 heterocycles. The number of ether oxygens (including phenoxy) is 1. The quantitative estimate of drug-likeness (QED) is 0.857. The summed E-state index contributed by atoms with van der Waals surface area (Å²) in [4.78, 5) is 0. The van der Waals surface area contributed by atoms with Crippen LogP contribution in [0.25, 0.3) is 0 Å². The molecule has 4 unspecified atom stereocenters. The molecule has 2 nitrogen and oxygen atoms in total. The number of hydrogen-bond acceptors (Lipinski definition) is 2. The van der Waals surface area contributed by atoms with Crippen LogP contribution in [0.1, 0.15) is 64.4 Å². The van der Waals surface area contributed by atoms with Crippen LogP contribution in [-0.2, 0) is 0 Å². The van der Waals surface area contributed by atoms with Crippen LogP contribution in [-0.4, -0.2) is 17.3 Å². The smallest absolute Gasteiger partial charge is 0.125 e. The first-order valence-corrected chi connectivity index (χ1v) is 8.09. The lowest BCUT2D eigenvalue weighted by atomic mass is 9.83. The summed E-state index contributed by atoms with van der Waals surface area (Å²) in [5.41, 5.74) is 1.26. The first kappa shape index (κ1) is 15.4. The molecule has 2 heteroatoms. The fourth-order valence-corrected chi connectivity index (χ4v) is 3.07. The molecule has 1 fully saturated rings. The van der Waals surface area contributed by atoms with Crippen molar-refractivity contribution in [3.05, 3.63) is 29.8 Å². The van der Waals surface area contributed by atoms with Gasteiger partial charge >= 0.3 is 0 Å². The standard InChI is InChI=1S/C18H28O2/c1-4-13(3)15-8-6-7-9-17(15)20-18-12-14(5-2)10-11-16(18)19/h6-9,13-14,16,18-19H,4-5,10-12H2,1-3H3. The van der Waals surface area contributed by atoms with Crippen molar-refractivity contribution in [3.8, 4) is 5.75 Å². The van der Waals surface area contributed by atoms with Gasteiger partial charge in [-0.15, -0.1) is 0 Å². The van der Waals surface area contributed by atoms with Crippen LogP contribution in [0, 0.1) is 5.92 Å². The van der Waals surface area contributed by atoms with Gasteiger partial charge in [0.15, 0.2) is 0 Å². The van der Waals surface area contributed by atoms with Crippen LogP contribution in [0.3, 0.4) is 0 Å². The summed E-state index contributed by atoms with van der Waals surface area (Å²) >= 11 is 0. The van der Waals surface area contributed by atoms with Gasteiger partial charge < -0.3 is 9.84 Å². The van der Waals surface area contributed by atoms with E-state index >= 15 is 0 Å². The number of aliphatic hydroxyl groups is 1. The van der Waals surface area contributed by atoms with E-state index in [2.05, 4.69) is 32.9 Å². The zero-order valence-corrected chi connectivity index (χ0v) is 13.0. The highest BCUT2D eigenvalue weighted by Crippen LogP contribution is 2.34. The maximum absolute atomic E-state index is 10.2. The molecular formula is C18H28O2. The van der Waals surface area contributed by atoms with Gasteiger partial charge in [-0.2, -0.15) is 0 Å². The van der Waals surface area contributed by atoms with Gasteiger partial charge in [-0.25, -0.2) is 0 Å². The van der Waals surface area contributed by atoms with E-state index in [0.717, 1.165) is 31.4 Å². The zero-order valence-electron chi connectivity index (χ0n) is 13.0. The molecule has 0 aromatic heterocycles. The van der Waals surface area contributed by atoms with Crippen molar-refractivity contribution in [1.82, 2.24) is 0 Å². The average molecular weight is 276 g/mol. The van der Waals surface area contributed by atoms with Gasteiger partial charge in [0, 0.05) is 0 Å². The van der Waals surface area contributed by atoms with Crippen LogP contribution in [0.15, 0.2) is 24.3 Å². The van der Waals surface area contributed by atoms with E-state index in [4.69, 9.17) is 4.74 Å². The van der Waals surface area contributed by atoms with Crippen LogP contribution in [0.4, 0.5) is 0 Å². The van der Waals surface area contributed by atoms with Crippen molar-refractivity contribution in [2.45, 2.75) is 71.0 Å². The molecule has 20 heavy (non-hydrogen) atoms. The van der Waals surface area contributed by atoms with E-state index < -0.39 is 0 Å². The lowest BCUT2D eigenvalue weighted by Gasteiger charge is -2.34. The Kier molecular flexibility index (Phi) is 5.47. The Balaban J connectivity index is 2.12. The summed E-state index contributed by atoms with van der Waals surface area (Å²) in [6.45, 7) is 6.66. The highest BCUT2D eigenvalue weighted by molar-refractivity contribution is 5.36. The minimum Gasteiger partial charge on any atom is -0.487 e. The van der Waals surface area contributed by atoms with Gasteiger partial charge in [0.2, 0.25) is 0 Å². The van der Waals surface area contributed by atoms with Crippen molar-refractivity contribution in [2.24, 2.45) is 5.92 Å². The summed E-state index contributed by atoms with van der Waals surface area (Å²) in [6.07, 6.45) is 4.90. The Morgan fingerprint density at radius 2 is 2.00 bits per heavy atom. The highest BCUT2D eigenvalue weighted by atomic mass is 16.5. The summed E-state index contributed by atoms with van der Waals surface area (Å²) in [5, 5.41) is 10.2. The van der Waals surface area contributed by atoms with Crippen LogP contribution in [0.5, 0.6) is 5.75 Å². The molecule has 0 bridgehead atoms. The molecule has 1 aliphatic rings. The molecule has 1 saturated carbocycles. The first-order chi connectivity index (χ1) is 9.65. The Hall–Kier alpha value is -1.02. The predicted molar refractivity (Wildman–Crippen MR) is 83.2 cm³/mol. The van der Waals surface area contributed by atoms with Crippen molar-refractivity contribution in [2.75, 3.05) is 0 Å². The zero-order chi connectivity index (χ0) is 14.5. The molecular weight excluding hydrogens is 248 g/mol. The average Bonchev–Trinajstić information content (AvgIpc) is 2.49. The van der Waals surface area contributed by atoms with E-state index in [9.17, 15) is 5.11 Å². The lowest BCUT2D eigenvalue weighted by molar-refractivity contribution is -0.0114. The lowest BCUT2D eigenvalue weighted by Crippen LogP contribution is -2.38. The predicted octanol–water partition coefficient (Wildman–Crippen LogP) is 4.52. The van der Waals surface area contributed by atoms with Crippen molar-refractivity contribution in [1.29, 1.82) is 0 Å². The van der Waals surface area contributed by atoms with E-state index in [-0.39, 0.29) is 12.2 Å². The third kappa shape index (κ3) is 3.54. The highest BCUT2D eigenvalue weighted by Gasteiger charge is 2.30. The van der Waals surface area contributed by atoms with Crippen molar-refractivity contribution in [3.63, 3.8) is 0 Å². The SMILES string of the molecule is CCC1CCC(O)C(Oc2ccccc2C(C)CC)C1. The van der Waals surface area contributed by atoms with Gasteiger partial charge in [0.25, 0.3) is 0 Å². The van der Waals surface area contributed by atoms with Crippen LogP contribution in [0.2, 0.25) is 0 Å². The Labute approximate surface area is 123 Å². The summed E-state index contributed by atoms with van der Waals surface area (Å²) in [7, 11) is 0. The number of rotatable bonds is 5. The second kappa shape index (κ2) is 7.12. The normalized spacial score (nSPS) is 28.1. The van der Waals surface area contributed by atoms with E-state index in [1.165, 1.54) is 12.0 Å². The Bertz CT molecular complexity index is 416. The second-order valence-corrected chi connectivity index (χ2v) is 6.16. The molecule has 1 N–H and O–H groups in total. The minimum absolute atomic E-state index is 0.0427. The van der Waals surface area contributed by atoms with Crippen molar-refractivity contribution >= 4 is 0 Å². The number of para-hydroxylation sites is 1. The summed E-state index contributed by atoms with van der Waals surface area (Å²) in [6, 6.07) is 8.29. The Morgan fingerprint density at radius 1 is 1.25 bits per heavy atom. The molecule has 2 rings (SSSR count). The molecule has 1 aliphatic carbocycles. The number of hydrogen-bond donors (Lipinski definition) is 1. The fraction of sp³-hybridized carbons (Fsp3) is 0.667. The fourth-order valence-electron chi connectivity index (χ4n) is 3.07. The topological polar surface area (TPSA) is 29.5 Å². The Morgan fingerprint density at radius 3 is 2.70 bits per heavy atom. The van der Waals surface area contributed by atoms with E-state index in [0.29, 0.717) is 11.8 Å². The monoisotopic (exact) mass is 276 g/mol. The van der Waals surface area contributed by atoms with Crippen molar-refractivity contribution < 1.29 is 9.84 Å². The van der Waals surface area contributed by atoms with E-state index in [1.807, 2.05) is 12.1 Å². The molecule has 1 aromatic carbocycles. The first-order valence-electron chi connectivity index (χ1n) is 8.09. The molecule has 0 amide bonds. The van der Waals surface area contributed by atoms with Gasteiger partial charge in [-0.05, 0) is 49.1 Å². The van der Waals surface area contributed by atoms with Crippen LogP contribution >= 0.6 is 0 Å². The number of aliphatic hydroxyl groups excluding tert-OH is 1. The molecule has 0 radical (unpaired) electrons. The molecule has 4 atom stereocenters. The van der Waals surface area contributed by atoms with Gasteiger partial charge in [-0.3, -0.25) is 0 Å². The third-order valence-corrected chi connectivity index (χ3v) is 4.78. The third-order valence-electron chi connectivity index (χ3n) is 4.78. The van der Waals surface area contributed by atoms with Gasteiger partial charge in [0.1, 0.15) is 11.9 Å². The molecule has 0 spiro atoms. The summed E-state index contributed by atoms with van der Waals surface area (Å²) < 4.78 is 6.20. The van der Waals surface area contributed by atoms with E-state index in [1.54, 1.807) is 0 Å². The molecule has 0 aliphatic heterocycles. The second-order valence-electron chi connectivity index (χ2n) is 6.16. The van der Waals surface area contributed by atoms with Crippen LogP contribution < -0.4 is 4.74 Å². The molecule has 112 valence electrons.